The molecular weight excluding hydrogens is 180 g/mol. The number of hydrogen-bond acceptors (Lipinski definition) is 3. The van der Waals surface area contributed by atoms with Crippen molar-refractivity contribution in [2.45, 2.75) is 33.2 Å². The molecule has 0 aromatic heterocycles. The van der Waals surface area contributed by atoms with Gasteiger partial charge in [-0.1, -0.05) is 13.8 Å². The molecule has 84 valence electrons. The second kappa shape index (κ2) is 6.79. The van der Waals surface area contributed by atoms with Crippen LogP contribution >= 0.6 is 0 Å². The first-order valence-corrected chi connectivity index (χ1v) is 5.14. The van der Waals surface area contributed by atoms with Crippen molar-refractivity contribution < 1.29 is 9.90 Å². The topological polar surface area (TPSA) is 75.4 Å². The monoisotopic (exact) mass is 202 g/mol. The summed E-state index contributed by atoms with van der Waals surface area (Å²) in [5, 5.41) is 11.7. The predicted molar refractivity (Wildman–Crippen MR) is 56.7 cm³/mol. The van der Waals surface area contributed by atoms with E-state index in [1.165, 1.54) is 0 Å². The molecule has 0 aliphatic rings. The minimum atomic E-state index is -0.0478. The summed E-state index contributed by atoms with van der Waals surface area (Å²) in [5.41, 5.74) is 5.36. The molecule has 4 nitrogen and oxygen atoms in total. The standard InChI is InChI=1S/C10H22N2O2/c1-7(4-5-11)10(14)12-9(3)8(2)6-13/h7-9,13H,4-6,11H2,1-3H3,(H,12,14). The number of hydrogen-bond donors (Lipinski definition) is 3. The molecule has 0 aromatic rings. The number of nitrogens with two attached hydrogens (primary N) is 1. The maximum Gasteiger partial charge on any atom is 0.223 e. The van der Waals surface area contributed by atoms with Crippen LogP contribution in [0.4, 0.5) is 0 Å². The third-order valence-corrected chi connectivity index (χ3v) is 2.56. The highest BCUT2D eigenvalue weighted by Crippen LogP contribution is 2.05. The SMILES string of the molecule is CC(CCN)C(=O)NC(C)C(C)CO. The van der Waals surface area contributed by atoms with Crippen molar-refractivity contribution in [3.8, 4) is 0 Å². The summed E-state index contributed by atoms with van der Waals surface area (Å²) in [6, 6.07) is 0.00715. The Balaban J connectivity index is 3.92. The third-order valence-electron chi connectivity index (χ3n) is 2.56. The number of amides is 1. The minimum Gasteiger partial charge on any atom is -0.396 e. The molecule has 0 rings (SSSR count). The Labute approximate surface area is 85.9 Å². The van der Waals surface area contributed by atoms with Crippen LogP contribution in [0.1, 0.15) is 27.2 Å². The first-order valence-electron chi connectivity index (χ1n) is 5.14. The van der Waals surface area contributed by atoms with Crippen LogP contribution in [0.5, 0.6) is 0 Å². The van der Waals surface area contributed by atoms with E-state index in [0.717, 1.165) is 0 Å². The number of carbonyl (C=O) groups is 1. The van der Waals surface area contributed by atoms with E-state index in [0.29, 0.717) is 13.0 Å². The van der Waals surface area contributed by atoms with Gasteiger partial charge in [0.05, 0.1) is 0 Å². The van der Waals surface area contributed by atoms with Crippen LogP contribution in [-0.4, -0.2) is 30.2 Å². The van der Waals surface area contributed by atoms with Crippen molar-refractivity contribution in [3.05, 3.63) is 0 Å². The molecule has 1 amide bonds. The molecule has 14 heavy (non-hydrogen) atoms. The Hall–Kier alpha value is -0.610. The van der Waals surface area contributed by atoms with Gasteiger partial charge < -0.3 is 16.2 Å². The van der Waals surface area contributed by atoms with Gasteiger partial charge in [0.15, 0.2) is 0 Å². The van der Waals surface area contributed by atoms with Crippen molar-refractivity contribution >= 4 is 5.91 Å². The van der Waals surface area contributed by atoms with Crippen LogP contribution in [0.15, 0.2) is 0 Å². The molecule has 4 heteroatoms. The normalized spacial score (nSPS) is 17.2. The van der Waals surface area contributed by atoms with Crippen LogP contribution in [0.3, 0.4) is 0 Å². The van der Waals surface area contributed by atoms with E-state index >= 15 is 0 Å². The second-order valence-corrected chi connectivity index (χ2v) is 3.94. The van der Waals surface area contributed by atoms with Gasteiger partial charge in [-0.3, -0.25) is 4.79 Å². The number of aliphatic hydroxyl groups excluding tert-OH is 1. The van der Waals surface area contributed by atoms with Crippen LogP contribution in [0.2, 0.25) is 0 Å². The molecular formula is C10H22N2O2. The van der Waals surface area contributed by atoms with Gasteiger partial charge in [0.1, 0.15) is 0 Å². The van der Waals surface area contributed by atoms with Gasteiger partial charge >= 0.3 is 0 Å². The van der Waals surface area contributed by atoms with E-state index in [2.05, 4.69) is 5.32 Å². The molecule has 0 saturated carbocycles. The average molecular weight is 202 g/mol. The van der Waals surface area contributed by atoms with Crippen LogP contribution < -0.4 is 11.1 Å². The van der Waals surface area contributed by atoms with Gasteiger partial charge in [0.25, 0.3) is 0 Å². The molecule has 0 aromatic carbocycles. The Morgan fingerprint density at radius 1 is 1.43 bits per heavy atom. The summed E-state index contributed by atoms with van der Waals surface area (Å²) in [4.78, 5) is 11.5. The van der Waals surface area contributed by atoms with Crippen molar-refractivity contribution in [3.63, 3.8) is 0 Å². The fraction of sp³-hybridized carbons (Fsp3) is 0.900. The number of carbonyl (C=O) groups excluding carboxylic acids is 1. The molecule has 0 spiro atoms. The smallest absolute Gasteiger partial charge is 0.223 e. The Morgan fingerprint density at radius 2 is 2.00 bits per heavy atom. The molecule has 0 fully saturated rings. The zero-order chi connectivity index (χ0) is 11.1. The molecule has 0 aliphatic heterocycles. The van der Waals surface area contributed by atoms with Crippen LogP contribution in [0, 0.1) is 11.8 Å². The van der Waals surface area contributed by atoms with Crippen LogP contribution in [0.25, 0.3) is 0 Å². The van der Waals surface area contributed by atoms with Gasteiger partial charge in [0, 0.05) is 18.6 Å². The van der Waals surface area contributed by atoms with Crippen molar-refractivity contribution in [1.82, 2.24) is 5.32 Å². The Kier molecular flexibility index (Phi) is 6.49. The van der Waals surface area contributed by atoms with E-state index < -0.39 is 0 Å². The zero-order valence-corrected chi connectivity index (χ0v) is 9.29. The molecule has 3 unspecified atom stereocenters. The molecule has 0 heterocycles. The maximum absolute atomic E-state index is 11.5. The van der Waals surface area contributed by atoms with E-state index in [9.17, 15) is 4.79 Å². The predicted octanol–water partition coefficient (Wildman–Crippen LogP) is 0.104. The van der Waals surface area contributed by atoms with E-state index in [1.807, 2.05) is 20.8 Å². The quantitative estimate of drug-likeness (QED) is 0.572. The lowest BCUT2D eigenvalue weighted by molar-refractivity contribution is -0.125. The highest BCUT2D eigenvalue weighted by Gasteiger charge is 2.17. The molecule has 0 radical (unpaired) electrons. The molecule has 4 N–H and O–H groups in total. The summed E-state index contributed by atoms with van der Waals surface area (Å²) >= 11 is 0. The van der Waals surface area contributed by atoms with Crippen molar-refractivity contribution in [2.75, 3.05) is 13.2 Å². The molecule has 0 bridgehead atoms. The fourth-order valence-corrected chi connectivity index (χ4v) is 1.05. The third kappa shape index (κ3) is 4.58. The lowest BCUT2D eigenvalue weighted by Gasteiger charge is -2.21. The summed E-state index contributed by atoms with van der Waals surface area (Å²) in [6.07, 6.45) is 0.700. The van der Waals surface area contributed by atoms with E-state index in [4.69, 9.17) is 10.8 Å². The lowest BCUT2D eigenvalue weighted by Crippen LogP contribution is -2.41. The van der Waals surface area contributed by atoms with Gasteiger partial charge in [0.2, 0.25) is 5.91 Å². The number of rotatable bonds is 6. The van der Waals surface area contributed by atoms with E-state index in [-0.39, 0.29) is 30.4 Å². The van der Waals surface area contributed by atoms with Crippen molar-refractivity contribution in [1.29, 1.82) is 0 Å². The van der Waals surface area contributed by atoms with Gasteiger partial charge in [-0.25, -0.2) is 0 Å². The fourth-order valence-electron chi connectivity index (χ4n) is 1.05. The second-order valence-electron chi connectivity index (χ2n) is 3.94. The largest absolute Gasteiger partial charge is 0.396 e. The molecule has 3 atom stereocenters. The van der Waals surface area contributed by atoms with Gasteiger partial charge in [-0.2, -0.15) is 0 Å². The summed E-state index contributed by atoms with van der Waals surface area (Å²) in [5.74, 6) is 0.0561. The van der Waals surface area contributed by atoms with Crippen LogP contribution in [-0.2, 0) is 4.79 Å². The molecule has 0 aliphatic carbocycles. The number of nitrogens with one attached hydrogen (secondary N) is 1. The highest BCUT2D eigenvalue weighted by molar-refractivity contribution is 5.78. The first-order chi connectivity index (χ1) is 6.52. The molecule has 0 saturated heterocycles. The summed E-state index contributed by atoms with van der Waals surface area (Å²) in [7, 11) is 0. The zero-order valence-electron chi connectivity index (χ0n) is 9.29. The minimum absolute atomic E-state index is 0.00715. The maximum atomic E-state index is 11.5. The summed E-state index contributed by atoms with van der Waals surface area (Å²) in [6.45, 7) is 6.27. The lowest BCUT2D eigenvalue weighted by atomic mass is 10.0. The first kappa shape index (κ1) is 13.4. The van der Waals surface area contributed by atoms with Gasteiger partial charge in [-0.15, -0.1) is 0 Å². The number of aliphatic hydroxyl groups is 1. The van der Waals surface area contributed by atoms with Crippen molar-refractivity contribution in [2.24, 2.45) is 17.6 Å². The van der Waals surface area contributed by atoms with E-state index in [1.54, 1.807) is 0 Å². The average Bonchev–Trinajstić information content (AvgIpc) is 2.16. The Bertz CT molecular complexity index is 174. The highest BCUT2D eigenvalue weighted by atomic mass is 16.3. The Morgan fingerprint density at radius 3 is 2.43 bits per heavy atom. The van der Waals surface area contributed by atoms with Gasteiger partial charge in [-0.05, 0) is 25.8 Å². The summed E-state index contributed by atoms with van der Waals surface area (Å²) < 4.78 is 0.